The number of aromatic nitrogens is 1. The molecule has 0 saturated carbocycles. The predicted molar refractivity (Wildman–Crippen MR) is 94.5 cm³/mol. The van der Waals surface area contributed by atoms with Crippen LogP contribution in [0.5, 0.6) is 0 Å². The number of hydrogen-bond donors (Lipinski definition) is 2. The fraction of sp³-hybridized carbons (Fsp3) is 0.368. The minimum atomic E-state index is -0.0747. The molecule has 122 valence electrons. The molecular weight excluding hydrogens is 286 g/mol. The molecule has 2 aromatic rings. The van der Waals surface area contributed by atoms with E-state index in [9.17, 15) is 4.79 Å². The molecule has 0 aliphatic heterocycles. The highest BCUT2D eigenvalue weighted by molar-refractivity contribution is 5.94. The van der Waals surface area contributed by atoms with Gasteiger partial charge in [-0.2, -0.15) is 0 Å². The van der Waals surface area contributed by atoms with Gasteiger partial charge in [0.1, 0.15) is 5.82 Å². The lowest BCUT2D eigenvalue weighted by Crippen LogP contribution is -2.24. The van der Waals surface area contributed by atoms with Crippen LogP contribution in [-0.4, -0.2) is 17.4 Å². The molecule has 4 nitrogen and oxygen atoms in total. The molecule has 1 atom stereocenters. The highest BCUT2D eigenvalue weighted by Crippen LogP contribution is 2.25. The van der Waals surface area contributed by atoms with Gasteiger partial charge in [-0.25, -0.2) is 4.98 Å². The molecular formula is C19H25N3O. The van der Waals surface area contributed by atoms with E-state index in [4.69, 9.17) is 0 Å². The summed E-state index contributed by atoms with van der Waals surface area (Å²) in [6, 6.07) is 14.2. The zero-order chi connectivity index (χ0) is 16.7. The lowest BCUT2D eigenvalue weighted by molar-refractivity contribution is 0.0953. The van der Waals surface area contributed by atoms with Crippen LogP contribution >= 0.6 is 0 Å². The number of nitrogens with zero attached hydrogens (tertiary/aromatic N) is 1. The fourth-order valence-corrected chi connectivity index (χ4v) is 2.41. The third-order valence-electron chi connectivity index (χ3n) is 3.69. The fourth-order valence-electron chi connectivity index (χ4n) is 2.41. The van der Waals surface area contributed by atoms with E-state index in [1.54, 1.807) is 6.20 Å². The zero-order valence-electron chi connectivity index (χ0n) is 14.0. The van der Waals surface area contributed by atoms with Crippen molar-refractivity contribution in [1.82, 2.24) is 10.3 Å². The number of pyridine rings is 1. The summed E-state index contributed by atoms with van der Waals surface area (Å²) in [5.41, 5.74) is 1.82. The Kier molecular flexibility index (Phi) is 6.15. The van der Waals surface area contributed by atoms with Gasteiger partial charge in [0.2, 0.25) is 0 Å². The van der Waals surface area contributed by atoms with E-state index in [2.05, 4.69) is 41.6 Å². The first-order valence-corrected chi connectivity index (χ1v) is 8.17. The quantitative estimate of drug-likeness (QED) is 0.811. The zero-order valence-corrected chi connectivity index (χ0v) is 14.0. The molecule has 2 N–H and O–H groups in total. The van der Waals surface area contributed by atoms with E-state index in [1.165, 1.54) is 5.56 Å². The third kappa shape index (κ3) is 4.81. The predicted octanol–water partition coefficient (Wildman–Crippen LogP) is 4.03. The normalized spacial score (nSPS) is 12.0. The van der Waals surface area contributed by atoms with Gasteiger partial charge in [-0.3, -0.25) is 4.79 Å². The lowest BCUT2D eigenvalue weighted by Gasteiger charge is -2.23. The maximum absolute atomic E-state index is 11.9. The molecule has 0 spiro atoms. The van der Waals surface area contributed by atoms with E-state index in [1.807, 2.05) is 37.3 Å². The lowest BCUT2D eigenvalue weighted by atomic mass is 9.96. The Morgan fingerprint density at radius 2 is 1.87 bits per heavy atom. The highest BCUT2D eigenvalue weighted by atomic mass is 16.1. The molecule has 0 radical (unpaired) electrons. The monoisotopic (exact) mass is 311 g/mol. The number of benzene rings is 1. The second-order valence-corrected chi connectivity index (χ2v) is 5.96. The number of hydrogen-bond acceptors (Lipinski definition) is 3. The second kappa shape index (κ2) is 8.32. The van der Waals surface area contributed by atoms with Gasteiger partial charge in [0, 0.05) is 12.7 Å². The van der Waals surface area contributed by atoms with Gasteiger partial charge in [0.25, 0.3) is 5.91 Å². The Labute approximate surface area is 138 Å². The standard InChI is InChI=1S/C19H25N3O/c1-4-12-20-19(23)16-10-11-17(21-13-16)22-18(14(2)3)15-8-6-5-7-9-15/h5-11,13-14,18H,4,12H2,1-3H3,(H,20,23)(H,21,22). The van der Waals surface area contributed by atoms with Gasteiger partial charge in [0.05, 0.1) is 11.6 Å². The first-order valence-electron chi connectivity index (χ1n) is 8.17. The first kappa shape index (κ1) is 17.0. The second-order valence-electron chi connectivity index (χ2n) is 5.96. The molecule has 0 fully saturated rings. The topological polar surface area (TPSA) is 54.0 Å². The van der Waals surface area contributed by atoms with Crippen LogP contribution in [0.1, 0.15) is 49.2 Å². The average Bonchev–Trinajstić information content (AvgIpc) is 2.58. The Morgan fingerprint density at radius 1 is 1.13 bits per heavy atom. The van der Waals surface area contributed by atoms with E-state index >= 15 is 0 Å². The van der Waals surface area contributed by atoms with Gasteiger partial charge in [-0.15, -0.1) is 0 Å². The van der Waals surface area contributed by atoms with Crippen molar-refractivity contribution in [3.05, 3.63) is 59.8 Å². The van der Waals surface area contributed by atoms with E-state index in [0.717, 1.165) is 12.2 Å². The minimum Gasteiger partial charge on any atom is -0.363 e. The number of carbonyl (C=O) groups excluding carboxylic acids is 1. The molecule has 1 unspecified atom stereocenters. The average molecular weight is 311 g/mol. The molecule has 0 bridgehead atoms. The van der Waals surface area contributed by atoms with Crippen LogP contribution in [-0.2, 0) is 0 Å². The highest BCUT2D eigenvalue weighted by Gasteiger charge is 2.16. The van der Waals surface area contributed by atoms with Crippen LogP contribution < -0.4 is 10.6 Å². The molecule has 1 heterocycles. The molecule has 4 heteroatoms. The van der Waals surface area contributed by atoms with Crippen LogP contribution in [0.3, 0.4) is 0 Å². The van der Waals surface area contributed by atoms with Gasteiger partial charge in [0.15, 0.2) is 0 Å². The number of carbonyl (C=O) groups is 1. The van der Waals surface area contributed by atoms with Crippen LogP contribution in [0.4, 0.5) is 5.82 Å². The molecule has 1 aromatic heterocycles. The van der Waals surface area contributed by atoms with Crippen molar-refractivity contribution < 1.29 is 4.79 Å². The molecule has 1 amide bonds. The van der Waals surface area contributed by atoms with Gasteiger partial charge in [-0.05, 0) is 30.0 Å². The first-order chi connectivity index (χ1) is 11.1. The molecule has 2 rings (SSSR count). The number of anilines is 1. The van der Waals surface area contributed by atoms with Crippen molar-refractivity contribution in [3.63, 3.8) is 0 Å². The molecule has 0 aliphatic rings. The molecule has 0 saturated heterocycles. The summed E-state index contributed by atoms with van der Waals surface area (Å²) in [4.78, 5) is 16.3. The Morgan fingerprint density at radius 3 is 2.43 bits per heavy atom. The molecule has 23 heavy (non-hydrogen) atoms. The van der Waals surface area contributed by atoms with Crippen LogP contribution in [0.25, 0.3) is 0 Å². The summed E-state index contributed by atoms with van der Waals surface area (Å²) in [5, 5.41) is 6.31. The number of amides is 1. The van der Waals surface area contributed by atoms with E-state index in [0.29, 0.717) is 18.0 Å². The minimum absolute atomic E-state index is 0.0747. The van der Waals surface area contributed by atoms with Crippen LogP contribution in [0, 0.1) is 5.92 Å². The third-order valence-corrected chi connectivity index (χ3v) is 3.69. The van der Waals surface area contributed by atoms with E-state index in [-0.39, 0.29) is 11.9 Å². The van der Waals surface area contributed by atoms with Crippen molar-refractivity contribution in [2.75, 3.05) is 11.9 Å². The Bertz CT molecular complexity index is 608. The van der Waals surface area contributed by atoms with Crippen molar-refractivity contribution >= 4 is 11.7 Å². The van der Waals surface area contributed by atoms with Crippen molar-refractivity contribution in [2.24, 2.45) is 5.92 Å². The van der Waals surface area contributed by atoms with E-state index < -0.39 is 0 Å². The SMILES string of the molecule is CCCNC(=O)c1ccc(NC(c2ccccc2)C(C)C)nc1. The Hall–Kier alpha value is -2.36. The summed E-state index contributed by atoms with van der Waals surface area (Å²) in [6.07, 6.45) is 2.54. The summed E-state index contributed by atoms with van der Waals surface area (Å²) in [6.45, 7) is 7.07. The number of nitrogens with one attached hydrogen (secondary N) is 2. The summed E-state index contributed by atoms with van der Waals surface area (Å²) in [7, 11) is 0. The van der Waals surface area contributed by atoms with Crippen molar-refractivity contribution in [2.45, 2.75) is 33.2 Å². The van der Waals surface area contributed by atoms with Gasteiger partial charge >= 0.3 is 0 Å². The summed E-state index contributed by atoms with van der Waals surface area (Å²) < 4.78 is 0. The van der Waals surface area contributed by atoms with Crippen molar-refractivity contribution in [1.29, 1.82) is 0 Å². The van der Waals surface area contributed by atoms with Crippen molar-refractivity contribution in [3.8, 4) is 0 Å². The van der Waals surface area contributed by atoms with Crippen LogP contribution in [0.15, 0.2) is 48.7 Å². The molecule has 1 aromatic carbocycles. The smallest absolute Gasteiger partial charge is 0.252 e. The largest absolute Gasteiger partial charge is 0.363 e. The van der Waals surface area contributed by atoms with Gasteiger partial charge in [-0.1, -0.05) is 51.1 Å². The van der Waals surface area contributed by atoms with Gasteiger partial charge < -0.3 is 10.6 Å². The maximum Gasteiger partial charge on any atom is 0.252 e. The summed E-state index contributed by atoms with van der Waals surface area (Å²) >= 11 is 0. The summed E-state index contributed by atoms with van der Waals surface area (Å²) in [5.74, 6) is 1.13. The number of rotatable bonds is 7. The molecule has 0 aliphatic carbocycles. The maximum atomic E-state index is 11.9. The Balaban J connectivity index is 2.08. The van der Waals surface area contributed by atoms with Crippen LogP contribution in [0.2, 0.25) is 0 Å².